The summed E-state index contributed by atoms with van der Waals surface area (Å²) < 4.78 is 7.43. The third-order valence-corrected chi connectivity index (χ3v) is 5.77. The molecule has 5 heteroatoms. The van der Waals surface area contributed by atoms with Crippen LogP contribution in [-0.4, -0.2) is 48.0 Å². The molecule has 1 unspecified atom stereocenters. The van der Waals surface area contributed by atoms with Crippen LogP contribution in [0.1, 0.15) is 37.7 Å². The largest absolute Gasteiger partial charge is 0.392 e. The first-order chi connectivity index (χ1) is 10.7. The fourth-order valence-corrected chi connectivity index (χ4v) is 4.26. The van der Waals surface area contributed by atoms with Crippen molar-refractivity contribution in [1.82, 2.24) is 4.90 Å². The van der Waals surface area contributed by atoms with Crippen molar-refractivity contribution in [1.29, 1.82) is 0 Å². The smallest absolute Gasteiger partial charge is 0.0730 e. The van der Waals surface area contributed by atoms with Gasteiger partial charge in [0.15, 0.2) is 0 Å². The monoisotopic (exact) mass is 403 g/mol. The van der Waals surface area contributed by atoms with Gasteiger partial charge in [0.25, 0.3) is 0 Å². The second kappa shape index (κ2) is 9.38. The summed E-state index contributed by atoms with van der Waals surface area (Å²) >= 11 is 3.60. The van der Waals surface area contributed by atoms with Gasteiger partial charge in [-0.3, -0.25) is 4.90 Å². The van der Waals surface area contributed by atoms with E-state index in [4.69, 9.17) is 4.74 Å². The van der Waals surface area contributed by atoms with Crippen molar-refractivity contribution in [2.45, 2.75) is 56.8 Å². The number of nitrogens with zero attached hydrogens (tertiary/aromatic N) is 1. The predicted octanol–water partition coefficient (Wildman–Crippen LogP) is 3.81. The summed E-state index contributed by atoms with van der Waals surface area (Å²) in [7, 11) is 0. The average Bonchev–Trinajstić information content (AvgIpc) is 2.96. The number of rotatable bonds is 5. The van der Waals surface area contributed by atoms with Crippen LogP contribution in [0.4, 0.5) is 0 Å². The molecule has 130 valence electrons. The topological polar surface area (TPSA) is 32.7 Å². The zero-order valence-corrected chi connectivity index (χ0v) is 15.9. The fourth-order valence-electron chi connectivity index (χ4n) is 3.78. The van der Waals surface area contributed by atoms with Crippen LogP contribution in [0.2, 0.25) is 0 Å². The second-order valence-electron chi connectivity index (χ2n) is 6.54. The van der Waals surface area contributed by atoms with E-state index in [2.05, 4.69) is 39.0 Å². The van der Waals surface area contributed by atoms with Crippen LogP contribution in [-0.2, 0) is 11.2 Å². The molecule has 23 heavy (non-hydrogen) atoms. The maximum atomic E-state index is 9.78. The van der Waals surface area contributed by atoms with E-state index in [1.165, 1.54) is 29.3 Å². The Bertz CT molecular complexity index is 488. The highest BCUT2D eigenvalue weighted by molar-refractivity contribution is 9.10. The molecule has 1 aromatic carbocycles. The lowest BCUT2D eigenvalue weighted by Gasteiger charge is -2.37. The minimum absolute atomic E-state index is 0. The van der Waals surface area contributed by atoms with E-state index >= 15 is 0 Å². The third kappa shape index (κ3) is 5.17. The molecule has 2 fully saturated rings. The highest BCUT2D eigenvalue weighted by Gasteiger charge is 2.34. The van der Waals surface area contributed by atoms with Gasteiger partial charge in [0.1, 0.15) is 0 Å². The van der Waals surface area contributed by atoms with Crippen molar-refractivity contribution >= 4 is 28.3 Å². The molecule has 0 radical (unpaired) electrons. The number of β-amino-alcohol motifs (C(OH)–C–C–N with tert-alkyl or cyclic N) is 1. The minimum atomic E-state index is -0.136. The Morgan fingerprint density at radius 2 is 1.96 bits per heavy atom. The number of halogens is 2. The molecule has 1 aliphatic carbocycles. The summed E-state index contributed by atoms with van der Waals surface area (Å²) in [6, 6.07) is 8.87. The highest BCUT2D eigenvalue weighted by Crippen LogP contribution is 2.28. The molecule has 0 aromatic heterocycles. The molecule has 1 aromatic rings. The van der Waals surface area contributed by atoms with E-state index in [0.717, 1.165) is 39.0 Å². The van der Waals surface area contributed by atoms with E-state index in [1.54, 1.807) is 0 Å². The molecule has 3 rings (SSSR count). The number of aliphatic hydroxyl groups excluding tert-OH is 1. The number of hydrogen-bond donors (Lipinski definition) is 1. The molecular formula is C18H27BrClNO2. The zero-order chi connectivity index (χ0) is 15.4. The molecule has 2 aliphatic rings. The van der Waals surface area contributed by atoms with Crippen molar-refractivity contribution in [2.75, 3.05) is 19.7 Å². The van der Waals surface area contributed by atoms with Crippen molar-refractivity contribution in [3.63, 3.8) is 0 Å². The van der Waals surface area contributed by atoms with E-state index in [0.29, 0.717) is 12.1 Å². The Kier molecular flexibility index (Phi) is 7.83. The lowest BCUT2D eigenvalue weighted by atomic mass is 9.91. The van der Waals surface area contributed by atoms with E-state index in [9.17, 15) is 5.11 Å². The van der Waals surface area contributed by atoms with Gasteiger partial charge in [-0.2, -0.15) is 0 Å². The maximum Gasteiger partial charge on any atom is 0.0730 e. The number of ether oxygens (including phenoxy) is 1. The van der Waals surface area contributed by atoms with Crippen molar-refractivity contribution in [3.8, 4) is 0 Å². The SMILES string of the molecule is Cl.OC1CCN([C@@H]2CCCC[C@H]2OCCc2ccccc2Br)C1. The second-order valence-corrected chi connectivity index (χ2v) is 7.39. The molecule has 1 aliphatic heterocycles. The summed E-state index contributed by atoms with van der Waals surface area (Å²) in [6.45, 7) is 2.63. The first-order valence-corrected chi connectivity index (χ1v) is 9.30. The minimum Gasteiger partial charge on any atom is -0.392 e. The zero-order valence-electron chi connectivity index (χ0n) is 13.5. The summed E-state index contributed by atoms with van der Waals surface area (Å²) in [5.74, 6) is 0. The number of aliphatic hydroxyl groups is 1. The van der Waals surface area contributed by atoms with Gasteiger partial charge < -0.3 is 9.84 Å². The average molecular weight is 405 g/mol. The van der Waals surface area contributed by atoms with E-state index in [-0.39, 0.29) is 18.5 Å². The Morgan fingerprint density at radius 3 is 2.70 bits per heavy atom. The number of hydrogen-bond acceptors (Lipinski definition) is 3. The summed E-state index contributed by atoms with van der Waals surface area (Å²) in [4.78, 5) is 2.45. The van der Waals surface area contributed by atoms with Gasteiger partial charge in [0, 0.05) is 23.6 Å². The first-order valence-electron chi connectivity index (χ1n) is 8.51. The van der Waals surface area contributed by atoms with Crippen molar-refractivity contribution in [3.05, 3.63) is 34.3 Å². The lowest BCUT2D eigenvalue weighted by Crippen LogP contribution is -2.46. The summed E-state index contributed by atoms with van der Waals surface area (Å²) in [5.41, 5.74) is 1.31. The van der Waals surface area contributed by atoms with Crippen LogP contribution < -0.4 is 0 Å². The highest BCUT2D eigenvalue weighted by atomic mass is 79.9. The van der Waals surface area contributed by atoms with Gasteiger partial charge >= 0.3 is 0 Å². The maximum absolute atomic E-state index is 9.78. The molecular weight excluding hydrogens is 378 g/mol. The van der Waals surface area contributed by atoms with Crippen LogP contribution in [0.15, 0.2) is 28.7 Å². The first kappa shape index (κ1) is 19.2. The van der Waals surface area contributed by atoms with Crippen molar-refractivity contribution in [2.24, 2.45) is 0 Å². The molecule has 1 saturated heterocycles. The van der Waals surface area contributed by atoms with Gasteiger partial charge in [0.2, 0.25) is 0 Å². The van der Waals surface area contributed by atoms with Crippen LogP contribution in [0.25, 0.3) is 0 Å². The van der Waals surface area contributed by atoms with E-state index < -0.39 is 0 Å². The predicted molar refractivity (Wildman–Crippen MR) is 99.3 cm³/mol. The van der Waals surface area contributed by atoms with Gasteiger partial charge in [-0.05, 0) is 37.3 Å². The Morgan fingerprint density at radius 1 is 1.17 bits per heavy atom. The normalized spacial score (nSPS) is 28.5. The van der Waals surface area contributed by atoms with Gasteiger partial charge in [-0.1, -0.05) is 47.0 Å². The standard InChI is InChI=1S/C18H26BrNO2.ClH/c19-16-6-2-1-5-14(16)10-12-22-18-8-4-3-7-17(18)20-11-9-15(21)13-20;/h1-2,5-6,15,17-18,21H,3-4,7-13H2;1H/t15?,17-,18-;/m1./s1. The number of benzene rings is 1. The van der Waals surface area contributed by atoms with Crippen LogP contribution in [0, 0.1) is 0 Å². The van der Waals surface area contributed by atoms with Gasteiger partial charge in [-0.15, -0.1) is 12.4 Å². The Hall–Kier alpha value is -0.130. The Balaban J connectivity index is 0.00000192. The Labute approximate surface area is 153 Å². The molecule has 1 saturated carbocycles. The van der Waals surface area contributed by atoms with Gasteiger partial charge in [0.05, 0.1) is 18.8 Å². The molecule has 3 nitrogen and oxygen atoms in total. The summed E-state index contributed by atoms with van der Waals surface area (Å²) in [6.07, 6.45) is 7.01. The van der Waals surface area contributed by atoms with Crippen LogP contribution in [0.5, 0.6) is 0 Å². The summed E-state index contributed by atoms with van der Waals surface area (Å²) in [5, 5.41) is 9.78. The van der Waals surface area contributed by atoms with Crippen molar-refractivity contribution < 1.29 is 9.84 Å². The molecule has 0 spiro atoms. The molecule has 0 amide bonds. The fraction of sp³-hybridized carbons (Fsp3) is 0.667. The quantitative estimate of drug-likeness (QED) is 0.810. The number of likely N-dealkylation sites (tertiary alicyclic amines) is 1. The molecule has 1 N–H and O–H groups in total. The molecule has 3 atom stereocenters. The third-order valence-electron chi connectivity index (χ3n) is 4.99. The van der Waals surface area contributed by atoms with Crippen LogP contribution >= 0.6 is 28.3 Å². The molecule has 0 bridgehead atoms. The van der Waals surface area contributed by atoms with Crippen LogP contribution in [0.3, 0.4) is 0 Å². The van der Waals surface area contributed by atoms with E-state index in [1.807, 2.05) is 6.07 Å². The van der Waals surface area contributed by atoms with Gasteiger partial charge in [-0.25, -0.2) is 0 Å². The molecule has 1 heterocycles. The lowest BCUT2D eigenvalue weighted by molar-refractivity contribution is -0.0316.